The number of nitro benzene ring substituents is 1. The zero-order valence-corrected chi connectivity index (χ0v) is 9.69. The monoisotopic (exact) mass is 224 g/mol. The number of nitro groups is 1. The lowest BCUT2D eigenvalue weighted by Crippen LogP contribution is -2.29. The van der Waals surface area contributed by atoms with Gasteiger partial charge in [0, 0.05) is 23.6 Å². The smallest absolute Gasteiger partial charge is 0.273 e. The third kappa shape index (κ3) is 2.30. The van der Waals surface area contributed by atoms with Gasteiger partial charge in [-0.05, 0) is 12.1 Å². The van der Waals surface area contributed by atoms with Crippen molar-refractivity contribution in [1.29, 1.82) is 0 Å². The van der Waals surface area contributed by atoms with Crippen LogP contribution in [0.3, 0.4) is 0 Å². The van der Waals surface area contributed by atoms with Crippen molar-refractivity contribution in [3.8, 4) is 5.75 Å². The van der Waals surface area contributed by atoms with Crippen molar-refractivity contribution in [2.45, 2.75) is 19.3 Å². The van der Waals surface area contributed by atoms with Crippen molar-refractivity contribution in [3.05, 3.63) is 33.9 Å². The molecule has 88 valence electrons. The second kappa shape index (κ2) is 4.49. The Kier molecular flexibility index (Phi) is 3.49. The summed E-state index contributed by atoms with van der Waals surface area (Å²) in [4.78, 5) is 10.5. The summed E-state index contributed by atoms with van der Waals surface area (Å²) in [6, 6.07) is 4.70. The zero-order valence-electron chi connectivity index (χ0n) is 9.69. The third-order valence-electron chi connectivity index (χ3n) is 2.64. The quantitative estimate of drug-likeness (QED) is 0.625. The van der Waals surface area contributed by atoms with Crippen LogP contribution in [-0.2, 0) is 5.41 Å². The summed E-state index contributed by atoms with van der Waals surface area (Å²) >= 11 is 0. The van der Waals surface area contributed by atoms with Gasteiger partial charge in [0.25, 0.3) is 5.69 Å². The van der Waals surface area contributed by atoms with Crippen LogP contribution in [0.25, 0.3) is 0 Å². The van der Waals surface area contributed by atoms with E-state index < -0.39 is 10.3 Å². The predicted molar refractivity (Wildman–Crippen MR) is 61.7 cm³/mol. The van der Waals surface area contributed by atoms with Gasteiger partial charge in [-0.25, -0.2) is 0 Å². The molecule has 0 fully saturated rings. The zero-order chi connectivity index (χ0) is 12.3. The molecule has 1 aromatic carbocycles. The topological polar surface area (TPSA) is 78.4 Å². The van der Waals surface area contributed by atoms with Gasteiger partial charge in [0.1, 0.15) is 5.75 Å². The van der Waals surface area contributed by atoms with E-state index in [1.165, 1.54) is 13.2 Å². The van der Waals surface area contributed by atoms with Crippen molar-refractivity contribution in [3.63, 3.8) is 0 Å². The molecule has 5 nitrogen and oxygen atoms in total. The molecule has 2 N–H and O–H groups in total. The Bertz CT molecular complexity index is 402. The fourth-order valence-electron chi connectivity index (χ4n) is 1.45. The first-order valence-electron chi connectivity index (χ1n) is 4.95. The summed E-state index contributed by atoms with van der Waals surface area (Å²) in [5.41, 5.74) is 5.86. The van der Waals surface area contributed by atoms with E-state index in [0.717, 1.165) is 0 Å². The van der Waals surface area contributed by atoms with Crippen molar-refractivity contribution < 1.29 is 9.66 Å². The lowest BCUT2D eigenvalue weighted by Gasteiger charge is -2.23. The molecule has 0 spiro atoms. The maximum Gasteiger partial charge on any atom is 0.273 e. The summed E-state index contributed by atoms with van der Waals surface area (Å²) in [5, 5.41) is 10.9. The number of ether oxygens (including phenoxy) is 1. The SMILES string of the molecule is COc1ccc([N+](=O)[O-])c(C(C)(C)CN)c1. The third-order valence-corrected chi connectivity index (χ3v) is 2.64. The second-order valence-electron chi connectivity index (χ2n) is 4.23. The van der Waals surface area contributed by atoms with Crippen LogP contribution in [0.5, 0.6) is 5.75 Å². The molecule has 0 aliphatic heterocycles. The van der Waals surface area contributed by atoms with E-state index in [9.17, 15) is 10.1 Å². The highest BCUT2D eigenvalue weighted by Gasteiger charge is 2.28. The Balaban J connectivity index is 3.37. The van der Waals surface area contributed by atoms with Gasteiger partial charge in [0.15, 0.2) is 0 Å². The van der Waals surface area contributed by atoms with Crippen LogP contribution in [0.1, 0.15) is 19.4 Å². The van der Waals surface area contributed by atoms with Crippen LogP contribution in [0, 0.1) is 10.1 Å². The molecule has 0 aliphatic carbocycles. The molecule has 0 atom stereocenters. The minimum Gasteiger partial charge on any atom is -0.497 e. The van der Waals surface area contributed by atoms with Gasteiger partial charge in [-0.1, -0.05) is 13.8 Å². The molecule has 0 bridgehead atoms. The average Bonchev–Trinajstić information content (AvgIpc) is 2.28. The maximum absolute atomic E-state index is 10.9. The van der Waals surface area contributed by atoms with Crippen LogP contribution >= 0.6 is 0 Å². The molecule has 0 aromatic heterocycles. The Labute approximate surface area is 94.4 Å². The van der Waals surface area contributed by atoms with Crippen LogP contribution < -0.4 is 10.5 Å². The van der Waals surface area contributed by atoms with Gasteiger partial charge in [-0.2, -0.15) is 0 Å². The van der Waals surface area contributed by atoms with E-state index in [1.807, 2.05) is 13.8 Å². The summed E-state index contributed by atoms with van der Waals surface area (Å²) in [6.07, 6.45) is 0. The fourth-order valence-corrected chi connectivity index (χ4v) is 1.45. The first kappa shape index (κ1) is 12.4. The van der Waals surface area contributed by atoms with E-state index in [-0.39, 0.29) is 5.69 Å². The van der Waals surface area contributed by atoms with Crippen molar-refractivity contribution in [2.75, 3.05) is 13.7 Å². The molecule has 0 heterocycles. The van der Waals surface area contributed by atoms with Crippen LogP contribution in [0.15, 0.2) is 18.2 Å². The number of hydrogen-bond acceptors (Lipinski definition) is 4. The molecule has 0 unspecified atom stereocenters. The van der Waals surface area contributed by atoms with Gasteiger partial charge < -0.3 is 10.5 Å². The van der Waals surface area contributed by atoms with E-state index in [0.29, 0.717) is 17.9 Å². The first-order valence-corrected chi connectivity index (χ1v) is 4.95. The van der Waals surface area contributed by atoms with E-state index in [2.05, 4.69) is 0 Å². The molecule has 1 aromatic rings. The van der Waals surface area contributed by atoms with Gasteiger partial charge >= 0.3 is 0 Å². The summed E-state index contributed by atoms with van der Waals surface area (Å²) in [5.74, 6) is 0.599. The first-order chi connectivity index (χ1) is 7.42. The van der Waals surface area contributed by atoms with Crippen molar-refractivity contribution >= 4 is 5.69 Å². The van der Waals surface area contributed by atoms with E-state index in [4.69, 9.17) is 10.5 Å². The van der Waals surface area contributed by atoms with Crippen molar-refractivity contribution in [1.82, 2.24) is 0 Å². The number of nitrogens with zero attached hydrogens (tertiary/aromatic N) is 1. The predicted octanol–water partition coefficient (Wildman–Crippen LogP) is 1.84. The fraction of sp³-hybridized carbons (Fsp3) is 0.455. The molecule has 0 amide bonds. The molecule has 0 aliphatic rings. The van der Waals surface area contributed by atoms with E-state index in [1.54, 1.807) is 12.1 Å². The van der Waals surface area contributed by atoms with Gasteiger partial charge in [-0.15, -0.1) is 0 Å². The Morgan fingerprint density at radius 3 is 2.56 bits per heavy atom. The maximum atomic E-state index is 10.9. The average molecular weight is 224 g/mol. The summed E-state index contributed by atoms with van der Waals surface area (Å²) < 4.78 is 5.07. The molecule has 0 saturated heterocycles. The van der Waals surface area contributed by atoms with Gasteiger partial charge in [-0.3, -0.25) is 10.1 Å². The second-order valence-corrected chi connectivity index (χ2v) is 4.23. The van der Waals surface area contributed by atoms with Crippen LogP contribution in [-0.4, -0.2) is 18.6 Å². The Morgan fingerprint density at radius 2 is 2.12 bits per heavy atom. The minimum atomic E-state index is -0.447. The molecule has 0 saturated carbocycles. The normalized spacial score (nSPS) is 11.2. The number of rotatable bonds is 4. The summed E-state index contributed by atoms with van der Waals surface area (Å²) in [6.45, 7) is 4.07. The Hall–Kier alpha value is -1.62. The Morgan fingerprint density at radius 1 is 1.50 bits per heavy atom. The highest BCUT2D eigenvalue weighted by atomic mass is 16.6. The van der Waals surface area contributed by atoms with Crippen molar-refractivity contribution in [2.24, 2.45) is 5.73 Å². The molecule has 5 heteroatoms. The number of nitrogens with two attached hydrogens (primary N) is 1. The molecule has 0 radical (unpaired) electrons. The van der Waals surface area contributed by atoms with Gasteiger partial charge in [0.05, 0.1) is 12.0 Å². The van der Waals surface area contributed by atoms with Crippen LogP contribution in [0.2, 0.25) is 0 Å². The largest absolute Gasteiger partial charge is 0.497 e. The minimum absolute atomic E-state index is 0.0799. The van der Waals surface area contributed by atoms with Crippen LogP contribution in [0.4, 0.5) is 5.69 Å². The molecular weight excluding hydrogens is 208 g/mol. The lowest BCUT2D eigenvalue weighted by atomic mass is 9.83. The lowest BCUT2D eigenvalue weighted by molar-refractivity contribution is -0.386. The number of benzene rings is 1. The number of hydrogen-bond donors (Lipinski definition) is 1. The highest BCUT2D eigenvalue weighted by Crippen LogP contribution is 2.33. The van der Waals surface area contributed by atoms with Gasteiger partial charge in [0.2, 0.25) is 0 Å². The summed E-state index contributed by atoms with van der Waals surface area (Å²) in [7, 11) is 1.53. The highest BCUT2D eigenvalue weighted by molar-refractivity contribution is 5.49. The molecular formula is C11H16N2O3. The standard InChI is InChI=1S/C11H16N2O3/c1-11(2,7-12)9-6-8(16-3)4-5-10(9)13(14)15/h4-6H,7,12H2,1-3H3. The number of methoxy groups -OCH3 is 1. The molecule has 16 heavy (non-hydrogen) atoms. The van der Waals surface area contributed by atoms with E-state index >= 15 is 0 Å². The molecule has 1 rings (SSSR count).